The van der Waals surface area contributed by atoms with Crippen LogP contribution in [0, 0.1) is 17.0 Å². The van der Waals surface area contributed by atoms with Crippen molar-refractivity contribution in [2.75, 3.05) is 6.54 Å². The molecule has 0 fully saturated rings. The van der Waals surface area contributed by atoms with E-state index >= 15 is 0 Å². The van der Waals surface area contributed by atoms with E-state index in [9.17, 15) is 14.9 Å². The zero-order valence-corrected chi connectivity index (χ0v) is 16.2. The summed E-state index contributed by atoms with van der Waals surface area (Å²) in [7, 11) is 0. The van der Waals surface area contributed by atoms with Gasteiger partial charge in [-0.05, 0) is 25.1 Å². The van der Waals surface area contributed by atoms with Gasteiger partial charge in [0.15, 0.2) is 5.69 Å². The van der Waals surface area contributed by atoms with Crippen LogP contribution in [-0.4, -0.2) is 37.4 Å². The Hall–Kier alpha value is -3.66. The largest absolute Gasteiger partial charge is 0.350 e. The number of para-hydroxylation sites is 1. The molecule has 0 aliphatic rings. The van der Waals surface area contributed by atoms with Crippen LogP contribution in [-0.2, 0) is 6.42 Å². The lowest BCUT2D eigenvalue weighted by atomic mass is 10.2. The molecule has 0 radical (unpaired) electrons. The summed E-state index contributed by atoms with van der Waals surface area (Å²) in [6.45, 7) is 2.11. The highest BCUT2D eigenvalue weighted by molar-refractivity contribution is 7.18. The maximum Gasteiger partial charge on any atom is 0.273 e. The third-order valence-corrected chi connectivity index (χ3v) is 5.45. The van der Waals surface area contributed by atoms with E-state index in [0.717, 1.165) is 15.2 Å². The van der Waals surface area contributed by atoms with E-state index in [1.807, 2.05) is 24.3 Å². The van der Waals surface area contributed by atoms with Crippen molar-refractivity contribution in [1.29, 1.82) is 0 Å². The highest BCUT2D eigenvalue weighted by Gasteiger charge is 2.18. The Morgan fingerprint density at radius 1 is 1.24 bits per heavy atom. The number of amides is 1. The molecular weight excluding hydrogens is 392 g/mol. The van der Waals surface area contributed by atoms with Crippen LogP contribution in [0.4, 0.5) is 5.69 Å². The summed E-state index contributed by atoms with van der Waals surface area (Å²) in [6, 6.07) is 13.9. The zero-order chi connectivity index (χ0) is 20.4. The fraction of sp³-hybridized carbons (Fsp3) is 0.158. The van der Waals surface area contributed by atoms with Gasteiger partial charge in [-0.2, -0.15) is 0 Å². The average molecular weight is 408 g/mol. The molecule has 0 bridgehead atoms. The van der Waals surface area contributed by atoms with Gasteiger partial charge in [0.05, 0.1) is 31.5 Å². The summed E-state index contributed by atoms with van der Waals surface area (Å²) < 4.78 is 2.53. The molecule has 29 heavy (non-hydrogen) atoms. The summed E-state index contributed by atoms with van der Waals surface area (Å²) in [5, 5.41) is 22.7. The smallest absolute Gasteiger partial charge is 0.273 e. The molecular formula is C19H16N6O3S. The molecule has 146 valence electrons. The van der Waals surface area contributed by atoms with Gasteiger partial charge in [0.2, 0.25) is 0 Å². The number of nitrogens with zero attached hydrogens (tertiary/aromatic N) is 5. The Labute approximate surface area is 169 Å². The monoisotopic (exact) mass is 408 g/mol. The van der Waals surface area contributed by atoms with E-state index in [1.54, 1.807) is 30.4 Å². The summed E-state index contributed by atoms with van der Waals surface area (Å²) >= 11 is 1.60. The standard InChI is InChI=1S/C19H16N6O3S/c1-12-18(22-23-24(12)13-5-4-6-14(11-13)25(27)28)19(26)20-10-9-17-21-15-7-2-3-8-16(15)29-17/h2-8,11H,9-10H2,1H3,(H,20,26). The van der Waals surface area contributed by atoms with Gasteiger partial charge in [-0.15, -0.1) is 16.4 Å². The number of benzene rings is 2. The van der Waals surface area contributed by atoms with Crippen molar-refractivity contribution in [3.8, 4) is 5.69 Å². The lowest BCUT2D eigenvalue weighted by Gasteiger charge is -2.04. The number of nitro benzene ring substituents is 1. The van der Waals surface area contributed by atoms with Crippen molar-refractivity contribution in [3.63, 3.8) is 0 Å². The number of hydrogen-bond acceptors (Lipinski definition) is 7. The average Bonchev–Trinajstić information content (AvgIpc) is 3.31. The second-order valence-corrected chi connectivity index (χ2v) is 7.41. The molecule has 9 nitrogen and oxygen atoms in total. The number of hydrogen-bond donors (Lipinski definition) is 1. The van der Waals surface area contributed by atoms with E-state index in [-0.39, 0.29) is 17.3 Å². The fourth-order valence-electron chi connectivity index (χ4n) is 2.92. The summed E-state index contributed by atoms with van der Waals surface area (Å²) in [4.78, 5) is 27.5. The Morgan fingerprint density at radius 2 is 2.07 bits per heavy atom. The van der Waals surface area contributed by atoms with E-state index in [2.05, 4.69) is 20.6 Å². The van der Waals surface area contributed by atoms with E-state index in [0.29, 0.717) is 24.3 Å². The molecule has 10 heteroatoms. The molecule has 2 heterocycles. The maximum absolute atomic E-state index is 12.5. The predicted octanol–water partition coefficient (Wildman–Crippen LogP) is 3.07. The van der Waals surface area contributed by atoms with Crippen LogP contribution in [0.2, 0.25) is 0 Å². The number of fused-ring (bicyclic) bond motifs is 1. The lowest BCUT2D eigenvalue weighted by molar-refractivity contribution is -0.384. The molecule has 1 N–H and O–H groups in total. The first-order valence-corrected chi connectivity index (χ1v) is 9.64. The lowest BCUT2D eigenvalue weighted by Crippen LogP contribution is -2.26. The van der Waals surface area contributed by atoms with Crippen molar-refractivity contribution in [3.05, 3.63) is 75.0 Å². The highest BCUT2D eigenvalue weighted by Crippen LogP contribution is 2.22. The second-order valence-electron chi connectivity index (χ2n) is 6.29. The fourth-order valence-corrected chi connectivity index (χ4v) is 3.88. The number of nitro groups is 1. The van der Waals surface area contributed by atoms with Crippen LogP contribution in [0.15, 0.2) is 48.5 Å². The Bertz CT molecular complexity index is 1180. The maximum atomic E-state index is 12.5. The van der Waals surface area contributed by atoms with Crippen LogP contribution in [0.3, 0.4) is 0 Å². The Morgan fingerprint density at radius 3 is 2.86 bits per heavy atom. The van der Waals surface area contributed by atoms with E-state index < -0.39 is 4.92 Å². The van der Waals surface area contributed by atoms with Gasteiger partial charge in [-0.3, -0.25) is 14.9 Å². The number of thiazole rings is 1. The number of rotatable bonds is 6. The normalized spacial score (nSPS) is 10.9. The van der Waals surface area contributed by atoms with E-state index in [1.165, 1.54) is 16.8 Å². The first-order chi connectivity index (χ1) is 14.0. The van der Waals surface area contributed by atoms with Crippen LogP contribution in [0.1, 0.15) is 21.2 Å². The van der Waals surface area contributed by atoms with Gasteiger partial charge < -0.3 is 5.32 Å². The number of carbonyl (C=O) groups is 1. The third kappa shape index (κ3) is 3.83. The zero-order valence-electron chi connectivity index (χ0n) is 15.4. The van der Waals surface area contributed by atoms with Gasteiger partial charge in [0.25, 0.3) is 11.6 Å². The van der Waals surface area contributed by atoms with Gasteiger partial charge >= 0.3 is 0 Å². The molecule has 0 atom stereocenters. The number of aromatic nitrogens is 4. The molecule has 4 aromatic rings. The topological polar surface area (TPSA) is 116 Å². The summed E-state index contributed by atoms with van der Waals surface area (Å²) in [5.41, 5.74) is 2.05. The van der Waals surface area contributed by atoms with Crippen molar-refractivity contribution >= 4 is 33.1 Å². The molecule has 0 aliphatic carbocycles. The molecule has 0 unspecified atom stereocenters. The number of nitrogens with one attached hydrogen (secondary N) is 1. The van der Waals surface area contributed by atoms with Crippen LogP contribution in [0.5, 0.6) is 0 Å². The molecule has 2 aromatic carbocycles. The minimum atomic E-state index is -0.481. The van der Waals surface area contributed by atoms with Crippen LogP contribution in [0.25, 0.3) is 15.9 Å². The third-order valence-electron chi connectivity index (χ3n) is 4.36. The van der Waals surface area contributed by atoms with Gasteiger partial charge in [0, 0.05) is 25.1 Å². The van der Waals surface area contributed by atoms with Crippen LogP contribution >= 0.6 is 11.3 Å². The summed E-state index contributed by atoms with van der Waals surface area (Å²) in [6.07, 6.45) is 0.614. The van der Waals surface area contributed by atoms with Gasteiger partial charge in [0.1, 0.15) is 0 Å². The Kier molecular flexibility index (Phi) is 5.00. The van der Waals surface area contributed by atoms with Crippen LogP contribution < -0.4 is 5.32 Å². The Balaban J connectivity index is 1.44. The molecule has 0 saturated heterocycles. The van der Waals surface area contributed by atoms with Crippen molar-refractivity contribution in [2.45, 2.75) is 13.3 Å². The first-order valence-electron chi connectivity index (χ1n) is 8.82. The van der Waals surface area contributed by atoms with Crippen molar-refractivity contribution in [1.82, 2.24) is 25.3 Å². The number of carbonyl (C=O) groups excluding carboxylic acids is 1. The minimum absolute atomic E-state index is 0.0563. The predicted molar refractivity (Wildman–Crippen MR) is 108 cm³/mol. The molecule has 1 amide bonds. The highest BCUT2D eigenvalue weighted by atomic mass is 32.1. The number of non-ortho nitro benzene ring substituents is 1. The molecule has 0 spiro atoms. The molecule has 0 aliphatic heterocycles. The van der Waals surface area contributed by atoms with E-state index in [4.69, 9.17) is 0 Å². The quantitative estimate of drug-likeness (QED) is 0.387. The van der Waals surface area contributed by atoms with Crippen molar-refractivity contribution in [2.24, 2.45) is 0 Å². The minimum Gasteiger partial charge on any atom is -0.350 e. The molecule has 0 saturated carbocycles. The summed E-state index contributed by atoms with van der Waals surface area (Å²) in [5.74, 6) is -0.347. The molecule has 2 aromatic heterocycles. The molecule has 4 rings (SSSR count). The SMILES string of the molecule is Cc1c(C(=O)NCCc2nc3ccccc3s2)nnn1-c1cccc([N+](=O)[O-])c1. The van der Waals surface area contributed by atoms with Gasteiger partial charge in [-0.25, -0.2) is 9.67 Å². The van der Waals surface area contributed by atoms with Gasteiger partial charge in [-0.1, -0.05) is 23.4 Å². The second kappa shape index (κ2) is 7.76. The van der Waals surface area contributed by atoms with Crippen molar-refractivity contribution < 1.29 is 9.72 Å². The first kappa shape index (κ1) is 18.7.